The van der Waals surface area contributed by atoms with E-state index in [1.54, 1.807) is 12.7 Å². The van der Waals surface area contributed by atoms with E-state index < -0.39 is 0 Å². The second-order valence-electron chi connectivity index (χ2n) is 6.41. The SMILES string of the molecule is O=C(CCn1cnnc1)N1C[C@@H]2[C@@H]3CC[C@@H](C3)[C@@H]2C1. The third-order valence-electron chi connectivity index (χ3n) is 5.54. The smallest absolute Gasteiger partial charge is 0.224 e. The Bertz CT molecular complexity index is 454. The molecule has 2 heterocycles. The van der Waals surface area contributed by atoms with Crippen molar-refractivity contribution in [1.82, 2.24) is 19.7 Å². The number of fused-ring (bicyclic) bond motifs is 5. The molecule has 4 rings (SSSR count). The summed E-state index contributed by atoms with van der Waals surface area (Å²) in [5, 5.41) is 7.52. The monoisotopic (exact) mass is 260 g/mol. The van der Waals surface area contributed by atoms with Gasteiger partial charge in [0.1, 0.15) is 12.7 Å². The van der Waals surface area contributed by atoms with Gasteiger partial charge in [-0.25, -0.2) is 0 Å². The molecule has 1 aromatic rings. The molecule has 3 fully saturated rings. The molecule has 2 saturated carbocycles. The van der Waals surface area contributed by atoms with Crippen molar-refractivity contribution in [2.45, 2.75) is 32.2 Å². The Balaban J connectivity index is 1.35. The molecular weight excluding hydrogens is 240 g/mol. The molecule has 3 aliphatic rings. The minimum Gasteiger partial charge on any atom is -0.342 e. The lowest BCUT2D eigenvalue weighted by molar-refractivity contribution is -0.130. The number of rotatable bonds is 3. The number of aryl methyl sites for hydroxylation is 1. The van der Waals surface area contributed by atoms with Crippen LogP contribution in [-0.2, 0) is 11.3 Å². The van der Waals surface area contributed by atoms with Crippen LogP contribution in [0.2, 0.25) is 0 Å². The highest BCUT2D eigenvalue weighted by Gasteiger charge is 2.52. The molecule has 4 atom stereocenters. The Labute approximate surface area is 113 Å². The van der Waals surface area contributed by atoms with Crippen molar-refractivity contribution in [3.05, 3.63) is 12.7 Å². The lowest BCUT2D eigenvalue weighted by atomic mass is 9.82. The molecule has 0 aromatic carbocycles. The molecule has 0 spiro atoms. The molecule has 2 aliphatic carbocycles. The highest BCUT2D eigenvalue weighted by atomic mass is 16.2. The van der Waals surface area contributed by atoms with Gasteiger partial charge in [-0.2, -0.15) is 0 Å². The zero-order chi connectivity index (χ0) is 12.8. The zero-order valence-corrected chi connectivity index (χ0v) is 11.1. The van der Waals surface area contributed by atoms with Crippen molar-refractivity contribution in [3.8, 4) is 0 Å². The lowest BCUT2D eigenvalue weighted by Gasteiger charge is -2.22. The highest BCUT2D eigenvalue weighted by Crippen LogP contribution is 2.55. The van der Waals surface area contributed by atoms with Crippen LogP contribution in [0.5, 0.6) is 0 Å². The van der Waals surface area contributed by atoms with Crippen molar-refractivity contribution in [2.75, 3.05) is 13.1 Å². The molecule has 1 aliphatic heterocycles. The molecule has 0 unspecified atom stereocenters. The Kier molecular flexibility index (Phi) is 2.60. The number of aromatic nitrogens is 3. The summed E-state index contributed by atoms with van der Waals surface area (Å²) in [6.07, 6.45) is 8.19. The Morgan fingerprint density at radius 2 is 1.74 bits per heavy atom. The lowest BCUT2D eigenvalue weighted by Crippen LogP contribution is -2.30. The van der Waals surface area contributed by atoms with Gasteiger partial charge in [-0.15, -0.1) is 10.2 Å². The first kappa shape index (κ1) is 11.4. The van der Waals surface area contributed by atoms with Gasteiger partial charge in [0.15, 0.2) is 0 Å². The van der Waals surface area contributed by atoms with E-state index in [0.29, 0.717) is 18.9 Å². The van der Waals surface area contributed by atoms with Crippen LogP contribution < -0.4 is 0 Å². The van der Waals surface area contributed by atoms with Gasteiger partial charge in [-0.05, 0) is 42.9 Å². The van der Waals surface area contributed by atoms with Crippen molar-refractivity contribution in [2.24, 2.45) is 23.7 Å². The molecule has 1 saturated heterocycles. The molecule has 102 valence electrons. The second-order valence-corrected chi connectivity index (χ2v) is 6.41. The van der Waals surface area contributed by atoms with E-state index in [9.17, 15) is 4.79 Å². The quantitative estimate of drug-likeness (QED) is 0.820. The fourth-order valence-corrected chi connectivity index (χ4v) is 4.61. The molecule has 1 aromatic heterocycles. The van der Waals surface area contributed by atoms with Gasteiger partial charge in [-0.3, -0.25) is 4.79 Å². The van der Waals surface area contributed by atoms with E-state index >= 15 is 0 Å². The predicted octanol–water partition coefficient (Wildman–Crippen LogP) is 1.17. The molecule has 19 heavy (non-hydrogen) atoms. The second kappa shape index (κ2) is 4.32. The minimum atomic E-state index is 0.308. The molecule has 5 nitrogen and oxygen atoms in total. The number of likely N-dealkylation sites (tertiary alicyclic amines) is 1. The van der Waals surface area contributed by atoms with Crippen LogP contribution in [0.25, 0.3) is 0 Å². The topological polar surface area (TPSA) is 51.0 Å². The summed E-state index contributed by atoms with van der Waals surface area (Å²) in [5.41, 5.74) is 0. The Morgan fingerprint density at radius 1 is 1.11 bits per heavy atom. The van der Waals surface area contributed by atoms with Crippen molar-refractivity contribution < 1.29 is 4.79 Å². The van der Waals surface area contributed by atoms with Gasteiger partial charge in [0.05, 0.1) is 0 Å². The van der Waals surface area contributed by atoms with Gasteiger partial charge < -0.3 is 9.47 Å². The third kappa shape index (κ3) is 1.86. The summed E-state index contributed by atoms with van der Waals surface area (Å²) in [6.45, 7) is 2.74. The van der Waals surface area contributed by atoms with Crippen LogP contribution >= 0.6 is 0 Å². The maximum Gasteiger partial charge on any atom is 0.224 e. The maximum absolute atomic E-state index is 12.3. The van der Waals surface area contributed by atoms with Crippen LogP contribution in [0.4, 0.5) is 0 Å². The number of nitrogens with zero attached hydrogens (tertiary/aromatic N) is 4. The summed E-state index contributed by atoms with van der Waals surface area (Å²) < 4.78 is 1.87. The predicted molar refractivity (Wildman–Crippen MR) is 69.0 cm³/mol. The van der Waals surface area contributed by atoms with E-state index in [2.05, 4.69) is 15.1 Å². The standard InChI is InChI=1S/C14H20N4O/c19-14(3-4-17-8-15-16-9-17)18-6-12-10-1-2-11(5-10)13(12)7-18/h8-13H,1-7H2/t10-,11+,12-,13+. The van der Waals surface area contributed by atoms with Crippen molar-refractivity contribution in [1.29, 1.82) is 0 Å². The third-order valence-corrected chi connectivity index (χ3v) is 5.54. The van der Waals surface area contributed by atoms with Crippen molar-refractivity contribution in [3.63, 3.8) is 0 Å². The van der Waals surface area contributed by atoms with Gasteiger partial charge in [-0.1, -0.05) is 0 Å². The minimum absolute atomic E-state index is 0.308. The van der Waals surface area contributed by atoms with Gasteiger partial charge in [0.25, 0.3) is 0 Å². The van der Waals surface area contributed by atoms with Crippen molar-refractivity contribution >= 4 is 5.91 Å². The molecule has 1 amide bonds. The molecule has 5 heteroatoms. The van der Waals surface area contributed by atoms with E-state index in [1.165, 1.54) is 19.3 Å². The normalized spacial score (nSPS) is 35.9. The highest BCUT2D eigenvalue weighted by molar-refractivity contribution is 5.76. The number of hydrogen-bond donors (Lipinski definition) is 0. The summed E-state index contributed by atoms with van der Waals surface area (Å²) in [4.78, 5) is 14.4. The summed E-state index contributed by atoms with van der Waals surface area (Å²) in [6, 6.07) is 0. The fraction of sp³-hybridized carbons (Fsp3) is 0.786. The fourth-order valence-electron chi connectivity index (χ4n) is 4.61. The van der Waals surface area contributed by atoms with Gasteiger partial charge in [0, 0.05) is 26.1 Å². The summed E-state index contributed by atoms with van der Waals surface area (Å²) in [5.74, 6) is 3.79. The Morgan fingerprint density at radius 3 is 2.37 bits per heavy atom. The van der Waals surface area contributed by atoms with Crippen LogP contribution in [0.1, 0.15) is 25.7 Å². The molecule has 2 bridgehead atoms. The first-order chi connectivity index (χ1) is 9.31. The van der Waals surface area contributed by atoms with Crippen LogP contribution in [0.3, 0.4) is 0 Å². The maximum atomic E-state index is 12.3. The number of carbonyl (C=O) groups is 1. The largest absolute Gasteiger partial charge is 0.342 e. The molecule has 0 N–H and O–H groups in total. The van der Waals surface area contributed by atoms with Crippen LogP contribution in [0, 0.1) is 23.7 Å². The van der Waals surface area contributed by atoms with Crippen LogP contribution in [-0.4, -0.2) is 38.7 Å². The Hall–Kier alpha value is -1.39. The molecule has 0 radical (unpaired) electrons. The van der Waals surface area contributed by atoms with Gasteiger partial charge >= 0.3 is 0 Å². The van der Waals surface area contributed by atoms with E-state index in [1.807, 2.05) is 4.57 Å². The summed E-state index contributed by atoms with van der Waals surface area (Å²) in [7, 11) is 0. The molecular formula is C14H20N4O. The zero-order valence-electron chi connectivity index (χ0n) is 11.1. The van der Waals surface area contributed by atoms with E-state index in [0.717, 1.165) is 36.8 Å². The number of carbonyl (C=O) groups excluding carboxylic acids is 1. The van der Waals surface area contributed by atoms with E-state index in [4.69, 9.17) is 0 Å². The average Bonchev–Trinajstić information content (AvgIpc) is 3.14. The first-order valence-corrected chi connectivity index (χ1v) is 7.41. The summed E-state index contributed by atoms with van der Waals surface area (Å²) >= 11 is 0. The number of hydrogen-bond acceptors (Lipinski definition) is 3. The van der Waals surface area contributed by atoms with Crippen LogP contribution in [0.15, 0.2) is 12.7 Å². The van der Waals surface area contributed by atoms with E-state index in [-0.39, 0.29) is 0 Å². The average molecular weight is 260 g/mol. The number of amides is 1. The van der Waals surface area contributed by atoms with Gasteiger partial charge in [0.2, 0.25) is 5.91 Å². The first-order valence-electron chi connectivity index (χ1n) is 7.41.